The highest BCUT2D eigenvalue weighted by Gasteiger charge is 2.18. The minimum absolute atomic E-state index is 0.658. The maximum Gasteiger partial charge on any atom is 0.242 e. The number of hydrogen-bond donors (Lipinski definition) is 0. The summed E-state index contributed by atoms with van der Waals surface area (Å²) in [5.41, 5.74) is 1.09. The zero-order valence-corrected chi connectivity index (χ0v) is 16.3. The van der Waals surface area contributed by atoms with E-state index in [1.165, 1.54) is 0 Å². The van der Waals surface area contributed by atoms with Crippen molar-refractivity contribution in [3.05, 3.63) is 29.8 Å². The Labute approximate surface area is 131 Å². The van der Waals surface area contributed by atoms with Gasteiger partial charge in [-0.3, -0.25) is 0 Å². The summed E-state index contributed by atoms with van der Waals surface area (Å²) in [6, 6.07) is 6.03. The van der Waals surface area contributed by atoms with Gasteiger partial charge in [-0.1, -0.05) is 18.2 Å². The van der Waals surface area contributed by atoms with Gasteiger partial charge in [0.25, 0.3) is 0 Å². The van der Waals surface area contributed by atoms with E-state index in [-0.39, 0.29) is 0 Å². The molecule has 5 heteroatoms. The molecule has 0 aromatic heterocycles. The van der Waals surface area contributed by atoms with Crippen molar-refractivity contribution in [2.75, 3.05) is 13.7 Å². The van der Waals surface area contributed by atoms with E-state index in [1.807, 2.05) is 24.3 Å². The SMILES string of the molecule is COc1cc(/C=C\CO[Si](C)(C)C)ccc1O[Si](C)(C)C. The van der Waals surface area contributed by atoms with Crippen molar-refractivity contribution in [3.8, 4) is 11.5 Å². The van der Waals surface area contributed by atoms with Crippen molar-refractivity contribution >= 4 is 22.7 Å². The predicted molar refractivity (Wildman–Crippen MR) is 95.3 cm³/mol. The number of ether oxygens (including phenoxy) is 1. The average molecular weight is 325 g/mol. The van der Waals surface area contributed by atoms with Crippen molar-refractivity contribution in [1.29, 1.82) is 0 Å². The average Bonchev–Trinajstić information content (AvgIpc) is 2.33. The van der Waals surface area contributed by atoms with Crippen molar-refractivity contribution in [2.24, 2.45) is 0 Å². The standard InChI is InChI=1S/C16H28O3Si2/c1-17-16-13-14(9-8-12-18-20(2,3)4)10-11-15(16)19-21(5,6)7/h8-11,13H,12H2,1-7H3/b9-8-. The Hall–Kier alpha value is -1.05. The number of hydrogen-bond acceptors (Lipinski definition) is 3. The zero-order chi connectivity index (χ0) is 16.1. The van der Waals surface area contributed by atoms with E-state index in [9.17, 15) is 0 Å². The molecule has 21 heavy (non-hydrogen) atoms. The Bertz CT molecular complexity index is 485. The highest BCUT2D eigenvalue weighted by atomic mass is 28.4. The highest BCUT2D eigenvalue weighted by Crippen LogP contribution is 2.30. The summed E-state index contributed by atoms with van der Waals surface area (Å²) in [5, 5.41) is 0. The number of methoxy groups -OCH3 is 1. The molecule has 0 unspecified atom stereocenters. The van der Waals surface area contributed by atoms with E-state index in [2.05, 4.69) is 45.4 Å². The van der Waals surface area contributed by atoms with Crippen LogP contribution in [0.2, 0.25) is 39.3 Å². The summed E-state index contributed by atoms with van der Waals surface area (Å²) in [6.45, 7) is 13.7. The van der Waals surface area contributed by atoms with Gasteiger partial charge < -0.3 is 13.6 Å². The summed E-state index contributed by atoms with van der Waals surface area (Å²) >= 11 is 0. The first kappa shape index (κ1) is 18.0. The lowest BCUT2D eigenvalue weighted by atomic mass is 10.2. The largest absolute Gasteiger partial charge is 0.542 e. The molecule has 0 atom stereocenters. The van der Waals surface area contributed by atoms with Crippen LogP contribution >= 0.6 is 0 Å². The van der Waals surface area contributed by atoms with E-state index < -0.39 is 16.6 Å². The number of benzene rings is 1. The molecular formula is C16H28O3Si2. The Kier molecular flexibility index (Phi) is 6.25. The van der Waals surface area contributed by atoms with Crippen LogP contribution in [0.1, 0.15) is 5.56 Å². The van der Waals surface area contributed by atoms with E-state index in [0.29, 0.717) is 6.61 Å². The van der Waals surface area contributed by atoms with Crippen LogP contribution in [0.3, 0.4) is 0 Å². The third-order valence-corrected chi connectivity index (χ3v) is 4.39. The molecule has 1 rings (SSSR count). The fourth-order valence-corrected chi connectivity index (χ4v) is 3.11. The molecule has 1 aromatic carbocycles. The molecule has 0 saturated carbocycles. The molecule has 0 bridgehead atoms. The van der Waals surface area contributed by atoms with Crippen molar-refractivity contribution < 1.29 is 13.6 Å². The van der Waals surface area contributed by atoms with Gasteiger partial charge in [0.1, 0.15) is 5.75 Å². The van der Waals surface area contributed by atoms with Gasteiger partial charge in [-0.2, -0.15) is 0 Å². The maximum absolute atomic E-state index is 6.02. The summed E-state index contributed by atoms with van der Waals surface area (Å²) < 4.78 is 17.2. The molecule has 0 amide bonds. The Morgan fingerprint density at radius 2 is 1.62 bits per heavy atom. The molecule has 0 N–H and O–H groups in total. The van der Waals surface area contributed by atoms with Crippen LogP contribution in [-0.4, -0.2) is 30.4 Å². The quantitative estimate of drug-likeness (QED) is 0.676. The molecule has 118 valence electrons. The first-order valence-corrected chi connectivity index (χ1v) is 14.1. The lowest BCUT2D eigenvalue weighted by Gasteiger charge is -2.21. The van der Waals surface area contributed by atoms with Gasteiger partial charge in [-0.05, 0) is 57.0 Å². The third-order valence-electron chi connectivity index (χ3n) is 2.53. The van der Waals surface area contributed by atoms with Crippen LogP contribution in [0.4, 0.5) is 0 Å². The molecule has 0 fully saturated rings. The van der Waals surface area contributed by atoms with E-state index >= 15 is 0 Å². The van der Waals surface area contributed by atoms with Crippen LogP contribution < -0.4 is 9.16 Å². The summed E-state index contributed by atoms with van der Waals surface area (Å²) in [5.74, 6) is 1.61. The lowest BCUT2D eigenvalue weighted by molar-refractivity contribution is 0.358. The monoisotopic (exact) mass is 324 g/mol. The van der Waals surface area contributed by atoms with Crippen LogP contribution in [0.25, 0.3) is 6.08 Å². The number of rotatable bonds is 7. The molecule has 0 heterocycles. The summed E-state index contributed by atoms with van der Waals surface area (Å²) in [6.07, 6.45) is 4.10. The summed E-state index contributed by atoms with van der Waals surface area (Å²) in [4.78, 5) is 0. The van der Waals surface area contributed by atoms with Gasteiger partial charge in [0.15, 0.2) is 14.1 Å². The van der Waals surface area contributed by atoms with Crippen LogP contribution in [-0.2, 0) is 4.43 Å². The van der Waals surface area contributed by atoms with Crippen molar-refractivity contribution in [1.82, 2.24) is 0 Å². The molecular weight excluding hydrogens is 296 g/mol. The second-order valence-electron chi connectivity index (χ2n) is 6.95. The first-order valence-electron chi connectivity index (χ1n) is 7.28. The second-order valence-corrected chi connectivity index (χ2v) is 15.9. The fraction of sp³-hybridized carbons (Fsp3) is 0.500. The Morgan fingerprint density at radius 3 is 2.14 bits per heavy atom. The lowest BCUT2D eigenvalue weighted by Crippen LogP contribution is -2.29. The van der Waals surface area contributed by atoms with Gasteiger partial charge >= 0.3 is 0 Å². The molecule has 0 aliphatic rings. The summed E-state index contributed by atoms with van der Waals surface area (Å²) in [7, 11) is -1.39. The molecule has 3 nitrogen and oxygen atoms in total. The smallest absolute Gasteiger partial charge is 0.242 e. The molecule has 0 radical (unpaired) electrons. The van der Waals surface area contributed by atoms with Crippen LogP contribution in [0.15, 0.2) is 24.3 Å². The van der Waals surface area contributed by atoms with Gasteiger partial charge in [0.2, 0.25) is 8.32 Å². The van der Waals surface area contributed by atoms with Gasteiger partial charge in [0.05, 0.1) is 13.7 Å². The first-order chi connectivity index (χ1) is 9.61. The van der Waals surface area contributed by atoms with Crippen LogP contribution in [0, 0.1) is 0 Å². The fourth-order valence-electron chi connectivity index (χ4n) is 1.68. The second kappa shape index (κ2) is 7.29. The Morgan fingerprint density at radius 1 is 0.952 bits per heavy atom. The predicted octanol–water partition coefficient (Wildman–Crippen LogP) is 4.77. The minimum Gasteiger partial charge on any atom is -0.542 e. The zero-order valence-electron chi connectivity index (χ0n) is 14.3. The topological polar surface area (TPSA) is 27.7 Å². The molecule has 0 aliphatic heterocycles. The molecule has 0 aliphatic carbocycles. The molecule has 0 spiro atoms. The van der Waals surface area contributed by atoms with Gasteiger partial charge in [-0.15, -0.1) is 0 Å². The van der Waals surface area contributed by atoms with Gasteiger partial charge in [-0.25, -0.2) is 0 Å². The van der Waals surface area contributed by atoms with Crippen LogP contribution in [0.5, 0.6) is 11.5 Å². The van der Waals surface area contributed by atoms with E-state index in [0.717, 1.165) is 17.1 Å². The molecule has 1 aromatic rings. The maximum atomic E-state index is 6.02. The highest BCUT2D eigenvalue weighted by molar-refractivity contribution is 6.70. The normalized spacial score (nSPS) is 12.7. The van der Waals surface area contributed by atoms with Crippen molar-refractivity contribution in [3.63, 3.8) is 0 Å². The molecule has 0 saturated heterocycles. The third kappa shape index (κ3) is 7.50. The van der Waals surface area contributed by atoms with Crippen molar-refractivity contribution in [2.45, 2.75) is 39.3 Å². The minimum atomic E-state index is -1.63. The van der Waals surface area contributed by atoms with E-state index in [4.69, 9.17) is 13.6 Å². The Balaban J connectivity index is 2.76. The van der Waals surface area contributed by atoms with E-state index in [1.54, 1.807) is 7.11 Å². The van der Waals surface area contributed by atoms with Gasteiger partial charge in [0, 0.05) is 0 Å².